The Morgan fingerprint density at radius 1 is 1.07 bits per heavy atom. The van der Waals surface area contributed by atoms with Crippen LogP contribution in [0.1, 0.15) is 39.2 Å². The van der Waals surface area contributed by atoms with Gasteiger partial charge in [-0.3, -0.25) is 4.79 Å². The van der Waals surface area contributed by atoms with Gasteiger partial charge in [-0.05, 0) is 41.8 Å². The Labute approximate surface area is 172 Å². The van der Waals surface area contributed by atoms with E-state index in [1.165, 1.54) is 10.4 Å². The molecule has 0 unspecified atom stereocenters. The van der Waals surface area contributed by atoms with Crippen molar-refractivity contribution in [1.82, 2.24) is 4.31 Å². The van der Waals surface area contributed by atoms with Crippen molar-refractivity contribution in [3.05, 3.63) is 59.1 Å². The minimum atomic E-state index is -3.59. The van der Waals surface area contributed by atoms with Gasteiger partial charge in [-0.25, -0.2) is 8.42 Å². The van der Waals surface area contributed by atoms with Crippen molar-refractivity contribution < 1.29 is 13.2 Å². The molecule has 0 aliphatic heterocycles. The van der Waals surface area contributed by atoms with Gasteiger partial charge in [0.1, 0.15) is 0 Å². The number of carbonyl (C=O) groups is 1. The highest BCUT2D eigenvalue weighted by Crippen LogP contribution is 2.28. The normalized spacial score (nSPS) is 13.0. The molecule has 0 saturated heterocycles. The van der Waals surface area contributed by atoms with Crippen LogP contribution in [0.2, 0.25) is 5.02 Å². The zero-order valence-corrected chi connectivity index (χ0v) is 18.2. The number of rotatable bonds is 8. The summed E-state index contributed by atoms with van der Waals surface area (Å²) in [5, 5.41) is 3.48. The summed E-state index contributed by atoms with van der Waals surface area (Å²) >= 11 is 5.95. The molecule has 7 heteroatoms. The van der Waals surface area contributed by atoms with Gasteiger partial charge in [0.2, 0.25) is 15.9 Å². The van der Waals surface area contributed by atoms with Crippen LogP contribution >= 0.6 is 11.6 Å². The van der Waals surface area contributed by atoms with Crippen LogP contribution in [0.3, 0.4) is 0 Å². The number of nitrogens with zero attached hydrogens (tertiary/aromatic N) is 1. The fraction of sp³-hybridized carbons (Fsp3) is 0.381. The summed E-state index contributed by atoms with van der Waals surface area (Å²) in [4.78, 5) is 13.1. The third kappa shape index (κ3) is 5.13. The molecule has 5 nitrogen and oxygen atoms in total. The lowest BCUT2D eigenvalue weighted by Gasteiger charge is -2.22. The van der Waals surface area contributed by atoms with Crippen LogP contribution in [0.4, 0.5) is 5.69 Å². The Kier molecular flexibility index (Phi) is 7.63. The Balaban J connectivity index is 2.29. The topological polar surface area (TPSA) is 66.5 Å². The van der Waals surface area contributed by atoms with E-state index in [4.69, 9.17) is 11.6 Å². The van der Waals surface area contributed by atoms with Gasteiger partial charge in [-0.2, -0.15) is 4.31 Å². The monoisotopic (exact) mass is 422 g/mol. The van der Waals surface area contributed by atoms with E-state index in [0.717, 1.165) is 5.56 Å². The van der Waals surface area contributed by atoms with Gasteiger partial charge in [0.05, 0.1) is 10.8 Å². The van der Waals surface area contributed by atoms with Gasteiger partial charge in [0, 0.05) is 23.8 Å². The van der Waals surface area contributed by atoms with Crippen molar-refractivity contribution in [2.75, 3.05) is 18.4 Å². The molecule has 1 atom stereocenters. The highest BCUT2D eigenvalue weighted by Gasteiger charge is 2.25. The first-order chi connectivity index (χ1) is 13.2. The van der Waals surface area contributed by atoms with E-state index in [2.05, 4.69) is 5.32 Å². The number of nitrogens with one attached hydrogen (secondary N) is 1. The summed E-state index contributed by atoms with van der Waals surface area (Å²) in [6, 6.07) is 13.6. The van der Waals surface area contributed by atoms with Crippen LogP contribution in [0, 0.1) is 5.92 Å². The lowest BCUT2D eigenvalue weighted by Crippen LogP contribution is -2.30. The molecule has 2 aromatic rings. The lowest BCUT2D eigenvalue weighted by atomic mass is 9.87. The summed E-state index contributed by atoms with van der Waals surface area (Å²) in [7, 11) is -3.59. The first kappa shape index (κ1) is 22.4. The van der Waals surface area contributed by atoms with Gasteiger partial charge in [-0.15, -0.1) is 0 Å². The van der Waals surface area contributed by atoms with E-state index in [0.29, 0.717) is 23.8 Å². The molecule has 1 amide bonds. The van der Waals surface area contributed by atoms with Crippen molar-refractivity contribution in [1.29, 1.82) is 0 Å². The van der Waals surface area contributed by atoms with Crippen LogP contribution in [-0.4, -0.2) is 31.7 Å². The number of hydrogen-bond acceptors (Lipinski definition) is 3. The average molecular weight is 423 g/mol. The molecule has 0 heterocycles. The Morgan fingerprint density at radius 3 is 2.21 bits per heavy atom. The van der Waals surface area contributed by atoms with Crippen LogP contribution in [0.25, 0.3) is 0 Å². The lowest BCUT2D eigenvalue weighted by molar-refractivity contribution is -0.118. The van der Waals surface area contributed by atoms with Crippen molar-refractivity contribution >= 4 is 33.2 Å². The summed E-state index contributed by atoms with van der Waals surface area (Å²) in [5.41, 5.74) is 1.32. The quantitative estimate of drug-likeness (QED) is 0.667. The number of carbonyl (C=O) groups excluding carboxylic acids is 1. The number of anilines is 1. The van der Waals surface area contributed by atoms with E-state index in [-0.39, 0.29) is 22.6 Å². The third-order valence-electron chi connectivity index (χ3n) is 4.62. The average Bonchev–Trinajstić information content (AvgIpc) is 2.64. The second-order valence-electron chi connectivity index (χ2n) is 6.88. The van der Waals surface area contributed by atoms with Gasteiger partial charge in [0.25, 0.3) is 0 Å². The van der Waals surface area contributed by atoms with Crippen LogP contribution in [0.5, 0.6) is 0 Å². The van der Waals surface area contributed by atoms with Crippen LogP contribution in [-0.2, 0) is 14.8 Å². The zero-order chi connectivity index (χ0) is 20.9. The highest BCUT2D eigenvalue weighted by atomic mass is 35.5. The smallest absolute Gasteiger partial charge is 0.243 e. The van der Waals surface area contributed by atoms with Gasteiger partial charge >= 0.3 is 0 Å². The predicted molar refractivity (Wildman–Crippen MR) is 114 cm³/mol. The summed E-state index contributed by atoms with van der Waals surface area (Å²) in [6.07, 6.45) is 0. The zero-order valence-electron chi connectivity index (χ0n) is 16.6. The molecule has 2 aromatic carbocycles. The molecule has 0 aliphatic carbocycles. The maximum Gasteiger partial charge on any atom is 0.243 e. The molecule has 0 bridgehead atoms. The van der Waals surface area contributed by atoms with Crippen molar-refractivity contribution in [3.63, 3.8) is 0 Å². The van der Waals surface area contributed by atoms with E-state index >= 15 is 0 Å². The molecule has 152 valence electrons. The van der Waals surface area contributed by atoms with Gasteiger partial charge in [0.15, 0.2) is 0 Å². The molecular weight excluding hydrogens is 396 g/mol. The van der Waals surface area contributed by atoms with E-state index in [9.17, 15) is 13.2 Å². The summed E-state index contributed by atoms with van der Waals surface area (Å²) in [5.74, 6) is -0.501. The molecule has 0 aromatic heterocycles. The maximum atomic E-state index is 12.9. The van der Waals surface area contributed by atoms with Crippen LogP contribution in [0.15, 0.2) is 53.4 Å². The standard InChI is InChI=1S/C21H27ClN2O3S/c1-5-24(6-2)28(26,27)19-9-7-8-18(14-19)23-21(25)20(15(3)4)16-10-12-17(22)13-11-16/h7-15,20H,5-6H2,1-4H3,(H,23,25)/t20-/m1/s1. The number of sulfonamides is 1. The summed E-state index contributed by atoms with van der Waals surface area (Å²) in [6.45, 7) is 8.32. The second-order valence-corrected chi connectivity index (χ2v) is 9.25. The minimum Gasteiger partial charge on any atom is -0.326 e. The SMILES string of the molecule is CCN(CC)S(=O)(=O)c1cccc(NC(=O)[C@@H](c2ccc(Cl)cc2)C(C)C)c1. The third-order valence-corrected chi connectivity index (χ3v) is 6.92. The maximum absolute atomic E-state index is 12.9. The fourth-order valence-corrected chi connectivity index (χ4v) is 4.81. The minimum absolute atomic E-state index is 0.0590. The number of hydrogen-bond donors (Lipinski definition) is 1. The number of amides is 1. The first-order valence-corrected chi connectivity index (χ1v) is 11.2. The molecule has 28 heavy (non-hydrogen) atoms. The van der Waals surface area contributed by atoms with Gasteiger partial charge in [-0.1, -0.05) is 57.5 Å². The van der Waals surface area contributed by atoms with E-state index in [1.807, 2.05) is 26.0 Å². The van der Waals surface area contributed by atoms with E-state index in [1.54, 1.807) is 44.2 Å². The summed E-state index contributed by atoms with van der Waals surface area (Å²) < 4.78 is 26.8. The second kappa shape index (κ2) is 9.54. The molecule has 0 radical (unpaired) electrons. The number of halogens is 1. The molecule has 0 saturated carbocycles. The highest BCUT2D eigenvalue weighted by molar-refractivity contribution is 7.89. The van der Waals surface area contributed by atoms with Crippen molar-refractivity contribution in [2.24, 2.45) is 5.92 Å². The molecule has 1 N–H and O–H groups in total. The molecule has 2 rings (SSSR count). The largest absolute Gasteiger partial charge is 0.326 e. The van der Waals surface area contributed by atoms with Gasteiger partial charge < -0.3 is 5.32 Å². The van der Waals surface area contributed by atoms with Crippen LogP contribution < -0.4 is 5.32 Å². The molecular formula is C21H27ClN2O3S. The van der Waals surface area contributed by atoms with Crippen molar-refractivity contribution in [2.45, 2.75) is 38.5 Å². The fourth-order valence-electron chi connectivity index (χ4n) is 3.18. The Hall–Kier alpha value is -1.89. The van der Waals surface area contributed by atoms with E-state index < -0.39 is 10.0 Å². The predicted octanol–water partition coefficient (Wildman–Crippen LogP) is 4.75. The molecule has 0 spiro atoms. The molecule has 0 fully saturated rings. The Bertz CT molecular complexity index is 908. The van der Waals surface area contributed by atoms with Crippen molar-refractivity contribution in [3.8, 4) is 0 Å². The first-order valence-electron chi connectivity index (χ1n) is 9.37. The Morgan fingerprint density at radius 2 is 1.68 bits per heavy atom. The number of benzene rings is 2. The molecule has 0 aliphatic rings.